The van der Waals surface area contributed by atoms with E-state index < -0.39 is 5.51 Å². The predicted molar refractivity (Wildman–Crippen MR) is 52.4 cm³/mol. The Bertz CT molecular complexity index is 157. The summed E-state index contributed by atoms with van der Waals surface area (Å²) in [6, 6.07) is 0.394. The summed E-state index contributed by atoms with van der Waals surface area (Å²) < 4.78 is 35.2. The maximum atomic E-state index is 11.7. The molecule has 0 aromatic rings. The molecular formula is C8H15F3N2S. The lowest BCUT2D eigenvalue weighted by Gasteiger charge is -2.23. The Balaban J connectivity index is 1.97. The van der Waals surface area contributed by atoms with Gasteiger partial charge in [0.25, 0.3) is 0 Å². The summed E-state index contributed by atoms with van der Waals surface area (Å²) in [6.45, 7) is 2.36. The molecule has 1 rings (SSSR count). The summed E-state index contributed by atoms with van der Waals surface area (Å²) in [4.78, 5) is 0. The van der Waals surface area contributed by atoms with Gasteiger partial charge in [-0.3, -0.25) is 0 Å². The van der Waals surface area contributed by atoms with Gasteiger partial charge in [-0.2, -0.15) is 13.2 Å². The second kappa shape index (κ2) is 5.82. The second-order valence-electron chi connectivity index (χ2n) is 3.27. The third kappa shape index (κ3) is 5.72. The van der Waals surface area contributed by atoms with Gasteiger partial charge in [0.15, 0.2) is 0 Å². The third-order valence-electron chi connectivity index (χ3n) is 2.14. The molecule has 0 atom stereocenters. The smallest absolute Gasteiger partial charge is 0.317 e. The average molecular weight is 228 g/mol. The number of nitrogens with one attached hydrogen (secondary N) is 2. The van der Waals surface area contributed by atoms with E-state index in [9.17, 15) is 13.2 Å². The van der Waals surface area contributed by atoms with Crippen LogP contribution in [-0.4, -0.2) is 36.9 Å². The second-order valence-corrected chi connectivity index (χ2v) is 4.43. The van der Waals surface area contributed by atoms with Gasteiger partial charge >= 0.3 is 5.51 Å². The van der Waals surface area contributed by atoms with Crippen molar-refractivity contribution in [2.75, 3.05) is 25.4 Å². The van der Waals surface area contributed by atoms with Crippen molar-refractivity contribution >= 4 is 11.8 Å². The lowest BCUT2D eigenvalue weighted by Crippen LogP contribution is -2.40. The van der Waals surface area contributed by atoms with E-state index in [1.165, 1.54) is 0 Å². The van der Waals surface area contributed by atoms with Crippen LogP contribution in [0.1, 0.15) is 12.8 Å². The highest BCUT2D eigenvalue weighted by Gasteiger charge is 2.27. The molecule has 84 valence electrons. The highest BCUT2D eigenvalue weighted by atomic mass is 32.2. The zero-order valence-electron chi connectivity index (χ0n) is 7.86. The van der Waals surface area contributed by atoms with Crippen molar-refractivity contribution in [1.82, 2.24) is 10.6 Å². The molecule has 0 aromatic carbocycles. The Hall–Kier alpha value is 0.0600. The molecule has 0 saturated carbocycles. The van der Waals surface area contributed by atoms with Crippen molar-refractivity contribution < 1.29 is 13.2 Å². The molecule has 1 heterocycles. The molecule has 0 amide bonds. The van der Waals surface area contributed by atoms with Gasteiger partial charge in [-0.25, -0.2) is 0 Å². The average Bonchev–Trinajstić information content (AvgIpc) is 2.13. The van der Waals surface area contributed by atoms with Crippen molar-refractivity contribution in [3.8, 4) is 0 Å². The highest BCUT2D eigenvalue weighted by molar-refractivity contribution is 8.00. The van der Waals surface area contributed by atoms with Gasteiger partial charge in [0.2, 0.25) is 0 Å². The van der Waals surface area contributed by atoms with E-state index in [1.54, 1.807) is 0 Å². The van der Waals surface area contributed by atoms with Gasteiger partial charge in [0.05, 0.1) is 0 Å². The standard InChI is InChI=1S/C8H15F3N2S/c9-8(10,11)14-6-5-13-7-1-3-12-4-2-7/h7,12-13H,1-6H2. The van der Waals surface area contributed by atoms with Crippen LogP contribution in [-0.2, 0) is 0 Å². The van der Waals surface area contributed by atoms with E-state index in [0.29, 0.717) is 12.6 Å². The lowest BCUT2D eigenvalue weighted by atomic mass is 10.1. The molecule has 0 spiro atoms. The van der Waals surface area contributed by atoms with E-state index in [1.807, 2.05) is 0 Å². The Labute approximate surface area is 86.0 Å². The number of rotatable bonds is 4. The first-order chi connectivity index (χ1) is 6.58. The van der Waals surface area contributed by atoms with E-state index in [2.05, 4.69) is 10.6 Å². The first-order valence-electron chi connectivity index (χ1n) is 4.73. The summed E-state index contributed by atoms with van der Waals surface area (Å²) >= 11 is 0.0440. The lowest BCUT2D eigenvalue weighted by molar-refractivity contribution is -0.0327. The molecule has 1 aliphatic rings. The Morgan fingerprint density at radius 2 is 1.93 bits per heavy atom. The molecule has 14 heavy (non-hydrogen) atoms. The maximum absolute atomic E-state index is 11.7. The van der Waals surface area contributed by atoms with E-state index in [-0.39, 0.29) is 17.5 Å². The molecule has 2 N–H and O–H groups in total. The van der Waals surface area contributed by atoms with Gasteiger partial charge in [0, 0.05) is 18.3 Å². The largest absolute Gasteiger partial charge is 0.441 e. The van der Waals surface area contributed by atoms with E-state index >= 15 is 0 Å². The molecule has 0 bridgehead atoms. The quantitative estimate of drug-likeness (QED) is 0.714. The Morgan fingerprint density at radius 3 is 2.50 bits per heavy atom. The number of halogens is 3. The summed E-state index contributed by atoms with van der Waals surface area (Å²) in [6.07, 6.45) is 2.02. The number of piperidine rings is 1. The minimum atomic E-state index is -4.09. The number of hydrogen-bond donors (Lipinski definition) is 2. The van der Waals surface area contributed by atoms with Crippen molar-refractivity contribution in [3.63, 3.8) is 0 Å². The Morgan fingerprint density at radius 1 is 1.29 bits per heavy atom. The minimum Gasteiger partial charge on any atom is -0.317 e. The fourth-order valence-corrected chi connectivity index (χ4v) is 1.91. The molecule has 0 aliphatic carbocycles. The molecule has 0 radical (unpaired) electrons. The topological polar surface area (TPSA) is 24.1 Å². The summed E-state index contributed by atoms with van der Waals surface area (Å²) in [5, 5.41) is 6.34. The van der Waals surface area contributed by atoms with Crippen LogP contribution in [0.3, 0.4) is 0 Å². The molecule has 1 aliphatic heterocycles. The summed E-state index contributed by atoms with van der Waals surface area (Å²) in [5.74, 6) is 0.105. The molecule has 1 saturated heterocycles. The van der Waals surface area contributed by atoms with Crippen LogP contribution in [0, 0.1) is 0 Å². The molecule has 2 nitrogen and oxygen atoms in total. The van der Waals surface area contributed by atoms with Crippen molar-refractivity contribution in [3.05, 3.63) is 0 Å². The molecular weight excluding hydrogens is 213 g/mol. The number of alkyl halides is 3. The highest BCUT2D eigenvalue weighted by Crippen LogP contribution is 2.29. The molecule has 0 aromatic heterocycles. The summed E-state index contributed by atoms with van der Waals surface area (Å²) in [5.41, 5.74) is -4.09. The van der Waals surface area contributed by atoms with Crippen LogP contribution in [0.5, 0.6) is 0 Å². The van der Waals surface area contributed by atoms with Crippen LogP contribution in [0.25, 0.3) is 0 Å². The monoisotopic (exact) mass is 228 g/mol. The van der Waals surface area contributed by atoms with Crippen LogP contribution in [0.15, 0.2) is 0 Å². The number of hydrogen-bond acceptors (Lipinski definition) is 3. The molecule has 6 heteroatoms. The van der Waals surface area contributed by atoms with Gasteiger partial charge in [-0.15, -0.1) is 0 Å². The fraction of sp³-hybridized carbons (Fsp3) is 1.00. The zero-order chi connectivity index (χ0) is 10.4. The van der Waals surface area contributed by atoms with E-state index in [4.69, 9.17) is 0 Å². The van der Waals surface area contributed by atoms with Crippen LogP contribution in [0.2, 0.25) is 0 Å². The Kier molecular flexibility index (Phi) is 5.05. The van der Waals surface area contributed by atoms with Gasteiger partial charge in [-0.05, 0) is 37.7 Å². The first-order valence-corrected chi connectivity index (χ1v) is 5.71. The normalized spacial score (nSPS) is 19.9. The van der Waals surface area contributed by atoms with Gasteiger partial charge < -0.3 is 10.6 Å². The molecule has 1 fully saturated rings. The third-order valence-corrected chi connectivity index (χ3v) is 2.88. The SMILES string of the molecule is FC(F)(F)SCCNC1CCNCC1. The zero-order valence-corrected chi connectivity index (χ0v) is 8.68. The van der Waals surface area contributed by atoms with Gasteiger partial charge in [0.1, 0.15) is 0 Å². The summed E-state index contributed by atoms with van der Waals surface area (Å²) in [7, 11) is 0. The fourth-order valence-electron chi connectivity index (χ4n) is 1.46. The minimum absolute atomic E-state index is 0.0440. The van der Waals surface area contributed by atoms with Crippen LogP contribution in [0.4, 0.5) is 13.2 Å². The van der Waals surface area contributed by atoms with Crippen LogP contribution >= 0.6 is 11.8 Å². The van der Waals surface area contributed by atoms with Gasteiger partial charge in [-0.1, -0.05) is 0 Å². The van der Waals surface area contributed by atoms with Crippen molar-refractivity contribution in [1.29, 1.82) is 0 Å². The maximum Gasteiger partial charge on any atom is 0.441 e. The van der Waals surface area contributed by atoms with Crippen LogP contribution < -0.4 is 10.6 Å². The van der Waals surface area contributed by atoms with Crippen molar-refractivity contribution in [2.45, 2.75) is 24.4 Å². The van der Waals surface area contributed by atoms with Crippen molar-refractivity contribution in [2.24, 2.45) is 0 Å². The predicted octanol–water partition coefficient (Wildman–Crippen LogP) is 1.58. The molecule has 0 unspecified atom stereocenters. The van der Waals surface area contributed by atoms with E-state index in [0.717, 1.165) is 25.9 Å². The first kappa shape index (κ1) is 12.1. The number of thioether (sulfide) groups is 1.